The second-order valence-corrected chi connectivity index (χ2v) is 8.68. The molecule has 0 saturated heterocycles. The molecule has 0 amide bonds. The first-order valence-corrected chi connectivity index (χ1v) is 9.27. The van der Waals surface area contributed by atoms with Gasteiger partial charge in [-0.05, 0) is 63.8 Å². The van der Waals surface area contributed by atoms with E-state index in [-0.39, 0.29) is 10.8 Å². The molecule has 1 N–H and O–H groups in total. The highest BCUT2D eigenvalue weighted by atomic mass is 14.9. The predicted octanol–water partition coefficient (Wildman–Crippen LogP) is 6.93. The van der Waals surface area contributed by atoms with Crippen LogP contribution in [0.3, 0.4) is 0 Å². The summed E-state index contributed by atoms with van der Waals surface area (Å²) in [4.78, 5) is 0. The molecule has 0 bridgehead atoms. The number of hydrogen-bond donors (Lipinski definition) is 1. The van der Waals surface area contributed by atoms with Crippen molar-refractivity contribution in [3.8, 4) is 0 Å². The van der Waals surface area contributed by atoms with Gasteiger partial charge in [0, 0.05) is 11.4 Å². The van der Waals surface area contributed by atoms with E-state index in [1.165, 1.54) is 40.4 Å². The van der Waals surface area contributed by atoms with Crippen LogP contribution in [0.25, 0.3) is 10.8 Å². The van der Waals surface area contributed by atoms with Gasteiger partial charge in [-0.2, -0.15) is 0 Å². The zero-order chi connectivity index (χ0) is 17.7. The molecule has 0 unspecified atom stereocenters. The van der Waals surface area contributed by atoms with Crippen molar-refractivity contribution in [3.63, 3.8) is 0 Å². The van der Waals surface area contributed by atoms with E-state index in [0.29, 0.717) is 0 Å². The maximum Gasteiger partial charge on any atom is 0.0425 e. The number of fused-ring (bicyclic) bond motifs is 2. The Bertz CT molecular complexity index is 934. The van der Waals surface area contributed by atoms with E-state index in [9.17, 15) is 0 Å². The third-order valence-electron chi connectivity index (χ3n) is 5.87. The molecule has 25 heavy (non-hydrogen) atoms. The SMILES string of the molecule is CC1(C)CCC(C)(C)c2c(Nc3ccc4ccccc4c3)cccc21. The van der Waals surface area contributed by atoms with Gasteiger partial charge in [0.05, 0.1) is 0 Å². The van der Waals surface area contributed by atoms with Gasteiger partial charge in [-0.3, -0.25) is 0 Å². The Kier molecular flexibility index (Phi) is 3.64. The maximum atomic E-state index is 3.72. The molecule has 0 radical (unpaired) electrons. The Morgan fingerprint density at radius 2 is 1.44 bits per heavy atom. The van der Waals surface area contributed by atoms with Crippen molar-refractivity contribution in [1.29, 1.82) is 0 Å². The standard InChI is InChI=1S/C24H27N/c1-23(2)14-15-24(3,4)22-20(23)10-7-11-21(22)25-19-13-12-17-8-5-6-9-18(17)16-19/h5-13,16,25H,14-15H2,1-4H3. The van der Waals surface area contributed by atoms with Gasteiger partial charge in [-0.25, -0.2) is 0 Å². The van der Waals surface area contributed by atoms with Crippen LogP contribution in [0.15, 0.2) is 60.7 Å². The molecular formula is C24H27N. The normalized spacial score (nSPS) is 17.9. The van der Waals surface area contributed by atoms with Gasteiger partial charge in [0.1, 0.15) is 0 Å². The summed E-state index contributed by atoms with van der Waals surface area (Å²) in [6.45, 7) is 9.51. The van der Waals surface area contributed by atoms with E-state index in [1.807, 2.05) is 0 Å². The average Bonchev–Trinajstić information content (AvgIpc) is 2.59. The monoisotopic (exact) mass is 329 g/mol. The Hall–Kier alpha value is -2.28. The predicted molar refractivity (Wildman–Crippen MR) is 109 cm³/mol. The minimum Gasteiger partial charge on any atom is -0.355 e. The summed E-state index contributed by atoms with van der Waals surface area (Å²) in [5.74, 6) is 0. The third-order valence-corrected chi connectivity index (χ3v) is 5.87. The van der Waals surface area contributed by atoms with Crippen molar-refractivity contribution in [2.24, 2.45) is 0 Å². The minimum atomic E-state index is 0.200. The van der Waals surface area contributed by atoms with Crippen LogP contribution in [0.1, 0.15) is 51.7 Å². The summed E-state index contributed by atoms with van der Waals surface area (Å²) in [5, 5.41) is 6.27. The van der Waals surface area contributed by atoms with Crippen LogP contribution in [-0.4, -0.2) is 0 Å². The molecule has 1 nitrogen and oxygen atoms in total. The van der Waals surface area contributed by atoms with Gasteiger partial charge in [-0.1, -0.05) is 70.2 Å². The second-order valence-electron chi connectivity index (χ2n) is 8.68. The van der Waals surface area contributed by atoms with Crippen LogP contribution >= 0.6 is 0 Å². The van der Waals surface area contributed by atoms with Crippen molar-refractivity contribution in [3.05, 3.63) is 71.8 Å². The fourth-order valence-electron chi connectivity index (χ4n) is 4.26. The van der Waals surface area contributed by atoms with Gasteiger partial charge in [0.25, 0.3) is 0 Å². The molecule has 0 heterocycles. The van der Waals surface area contributed by atoms with Crippen LogP contribution in [0.2, 0.25) is 0 Å². The molecule has 0 aliphatic heterocycles. The van der Waals surface area contributed by atoms with Crippen molar-refractivity contribution >= 4 is 22.1 Å². The fraction of sp³-hybridized carbons (Fsp3) is 0.333. The Morgan fingerprint density at radius 3 is 2.24 bits per heavy atom. The summed E-state index contributed by atoms with van der Waals surface area (Å²) in [5.41, 5.74) is 5.84. The van der Waals surface area contributed by atoms with E-state index in [4.69, 9.17) is 0 Å². The van der Waals surface area contributed by atoms with E-state index < -0.39 is 0 Å². The molecule has 0 atom stereocenters. The molecule has 128 valence electrons. The molecule has 1 aliphatic carbocycles. The summed E-state index contributed by atoms with van der Waals surface area (Å²) in [6.07, 6.45) is 2.47. The van der Waals surface area contributed by atoms with Crippen molar-refractivity contribution in [2.75, 3.05) is 5.32 Å². The molecule has 0 fully saturated rings. The van der Waals surface area contributed by atoms with Gasteiger partial charge in [0.15, 0.2) is 0 Å². The lowest BCUT2D eigenvalue weighted by molar-refractivity contribution is 0.333. The van der Waals surface area contributed by atoms with Crippen molar-refractivity contribution in [2.45, 2.75) is 51.4 Å². The fourth-order valence-corrected chi connectivity index (χ4v) is 4.26. The van der Waals surface area contributed by atoms with Crippen molar-refractivity contribution in [1.82, 2.24) is 0 Å². The molecule has 0 saturated carbocycles. The quantitative estimate of drug-likeness (QED) is 0.537. The van der Waals surface area contributed by atoms with Gasteiger partial charge in [-0.15, -0.1) is 0 Å². The first-order chi connectivity index (χ1) is 11.9. The highest BCUT2D eigenvalue weighted by Crippen LogP contribution is 2.48. The molecule has 1 heteroatoms. The van der Waals surface area contributed by atoms with E-state index in [0.717, 1.165) is 5.69 Å². The summed E-state index contributed by atoms with van der Waals surface area (Å²) in [6, 6.07) is 21.9. The number of hydrogen-bond acceptors (Lipinski definition) is 1. The zero-order valence-electron chi connectivity index (χ0n) is 15.7. The average molecular weight is 329 g/mol. The first-order valence-electron chi connectivity index (χ1n) is 9.27. The third kappa shape index (κ3) is 2.82. The molecule has 0 aromatic heterocycles. The summed E-state index contributed by atoms with van der Waals surface area (Å²) in [7, 11) is 0. The topological polar surface area (TPSA) is 12.0 Å². The number of nitrogens with one attached hydrogen (secondary N) is 1. The lowest BCUT2D eigenvalue weighted by Crippen LogP contribution is -2.34. The second kappa shape index (κ2) is 5.62. The lowest BCUT2D eigenvalue weighted by Gasteiger charge is -2.43. The Labute approximate surface area is 151 Å². The summed E-state index contributed by atoms with van der Waals surface area (Å²) < 4.78 is 0. The molecule has 4 rings (SSSR count). The molecule has 0 spiro atoms. The van der Waals surface area contributed by atoms with Gasteiger partial charge in [0.2, 0.25) is 0 Å². The van der Waals surface area contributed by atoms with E-state index in [2.05, 4.69) is 93.7 Å². The number of rotatable bonds is 2. The number of benzene rings is 3. The Morgan fingerprint density at radius 1 is 0.720 bits per heavy atom. The van der Waals surface area contributed by atoms with Crippen LogP contribution in [0.5, 0.6) is 0 Å². The highest BCUT2D eigenvalue weighted by molar-refractivity contribution is 5.86. The van der Waals surface area contributed by atoms with Gasteiger partial charge >= 0.3 is 0 Å². The Balaban J connectivity index is 1.80. The van der Waals surface area contributed by atoms with Crippen LogP contribution < -0.4 is 5.32 Å². The summed E-state index contributed by atoms with van der Waals surface area (Å²) >= 11 is 0. The van der Waals surface area contributed by atoms with Crippen LogP contribution in [-0.2, 0) is 10.8 Å². The molecule has 1 aliphatic rings. The zero-order valence-corrected chi connectivity index (χ0v) is 15.7. The number of anilines is 2. The molecular weight excluding hydrogens is 302 g/mol. The van der Waals surface area contributed by atoms with E-state index >= 15 is 0 Å². The van der Waals surface area contributed by atoms with Gasteiger partial charge < -0.3 is 5.32 Å². The smallest absolute Gasteiger partial charge is 0.0425 e. The first kappa shape index (κ1) is 16.2. The largest absolute Gasteiger partial charge is 0.355 e. The minimum absolute atomic E-state index is 0.200. The highest BCUT2D eigenvalue weighted by Gasteiger charge is 2.38. The van der Waals surface area contributed by atoms with Crippen LogP contribution in [0, 0.1) is 0 Å². The molecule has 3 aromatic carbocycles. The van der Waals surface area contributed by atoms with Crippen molar-refractivity contribution < 1.29 is 0 Å². The van der Waals surface area contributed by atoms with E-state index in [1.54, 1.807) is 0 Å². The lowest BCUT2D eigenvalue weighted by atomic mass is 9.62. The maximum absolute atomic E-state index is 3.72. The van der Waals surface area contributed by atoms with Crippen LogP contribution in [0.4, 0.5) is 11.4 Å². The molecule has 3 aromatic rings.